The van der Waals surface area contributed by atoms with E-state index in [1.807, 2.05) is 34.6 Å². The second-order valence-corrected chi connectivity index (χ2v) is 9.07. The van der Waals surface area contributed by atoms with E-state index in [0.29, 0.717) is 0 Å². The van der Waals surface area contributed by atoms with Crippen molar-refractivity contribution in [3.05, 3.63) is 16.3 Å². The molecule has 0 spiro atoms. The molecule has 0 saturated carbocycles. The highest BCUT2D eigenvalue weighted by molar-refractivity contribution is 8.00. The fourth-order valence-electron chi connectivity index (χ4n) is 2.09. The molecule has 1 atom stereocenters. The van der Waals surface area contributed by atoms with E-state index in [0.717, 1.165) is 21.1 Å². The van der Waals surface area contributed by atoms with Crippen LogP contribution in [0.3, 0.4) is 0 Å². The molecule has 0 aliphatic heterocycles. The van der Waals surface area contributed by atoms with E-state index in [2.05, 4.69) is 29.1 Å². The number of fused-ring (bicyclic) bond motifs is 1. The van der Waals surface area contributed by atoms with Gasteiger partial charge in [0.2, 0.25) is 5.91 Å². The maximum atomic E-state index is 12.3. The highest BCUT2D eigenvalue weighted by atomic mass is 32.2. The lowest BCUT2D eigenvalue weighted by Crippen LogP contribution is -2.44. The molecule has 0 aromatic carbocycles. The van der Waals surface area contributed by atoms with Gasteiger partial charge >= 0.3 is 0 Å². The van der Waals surface area contributed by atoms with Gasteiger partial charge in [0.1, 0.15) is 15.7 Å². The monoisotopic (exact) mass is 337 g/mol. The van der Waals surface area contributed by atoms with Crippen molar-refractivity contribution < 1.29 is 4.79 Å². The largest absolute Gasteiger partial charge is 0.351 e. The van der Waals surface area contributed by atoms with E-state index in [1.165, 1.54) is 22.2 Å². The van der Waals surface area contributed by atoms with E-state index in [9.17, 15) is 4.79 Å². The third kappa shape index (κ3) is 3.79. The Hall–Kier alpha value is -1.14. The number of rotatable bonds is 3. The molecular weight excluding hydrogens is 314 g/mol. The first kappa shape index (κ1) is 17.2. The molecule has 0 fully saturated rings. The summed E-state index contributed by atoms with van der Waals surface area (Å²) >= 11 is 3.19. The van der Waals surface area contributed by atoms with Crippen LogP contribution in [0.1, 0.15) is 44.0 Å². The second kappa shape index (κ2) is 6.16. The molecule has 2 heterocycles. The first-order valence-corrected chi connectivity index (χ1v) is 9.01. The van der Waals surface area contributed by atoms with Gasteiger partial charge in [0, 0.05) is 15.8 Å². The SMILES string of the molecule is Cc1nc(S[C@H](C)C(=O)NC(C)(C)C)c2c(C)c(C)sc2n1. The molecule has 0 saturated heterocycles. The zero-order valence-electron chi connectivity index (χ0n) is 14.2. The number of aromatic nitrogens is 2. The minimum Gasteiger partial charge on any atom is -0.351 e. The highest BCUT2D eigenvalue weighted by Gasteiger charge is 2.23. The lowest BCUT2D eigenvalue weighted by Gasteiger charge is -2.23. The van der Waals surface area contributed by atoms with Crippen LogP contribution >= 0.6 is 23.1 Å². The van der Waals surface area contributed by atoms with Gasteiger partial charge in [-0.05, 0) is 54.0 Å². The van der Waals surface area contributed by atoms with E-state index < -0.39 is 0 Å². The Labute approximate surface area is 140 Å². The Balaban J connectivity index is 2.33. The van der Waals surface area contributed by atoms with Gasteiger partial charge in [-0.3, -0.25) is 4.79 Å². The van der Waals surface area contributed by atoms with Crippen LogP contribution in [-0.4, -0.2) is 26.7 Å². The van der Waals surface area contributed by atoms with Crippen LogP contribution in [0.15, 0.2) is 5.03 Å². The van der Waals surface area contributed by atoms with E-state index in [1.54, 1.807) is 11.3 Å². The Bertz CT molecular complexity index is 716. The van der Waals surface area contributed by atoms with Crippen molar-refractivity contribution in [1.82, 2.24) is 15.3 Å². The molecule has 6 heteroatoms. The minimum absolute atomic E-state index is 0.0338. The molecule has 1 N–H and O–H groups in total. The quantitative estimate of drug-likeness (QED) is 0.679. The summed E-state index contributed by atoms with van der Waals surface area (Å²) in [5.74, 6) is 0.784. The molecule has 2 rings (SSSR count). The summed E-state index contributed by atoms with van der Waals surface area (Å²) in [7, 11) is 0. The average Bonchev–Trinajstić information content (AvgIpc) is 2.62. The summed E-state index contributed by atoms with van der Waals surface area (Å²) in [5, 5.41) is 4.82. The highest BCUT2D eigenvalue weighted by Crippen LogP contribution is 2.36. The van der Waals surface area contributed by atoms with Crippen molar-refractivity contribution in [2.24, 2.45) is 0 Å². The Morgan fingerprint density at radius 1 is 1.23 bits per heavy atom. The Kier molecular flexibility index (Phi) is 4.82. The summed E-state index contributed by atoms with van der Waals surface area (Å²) in [6, 6.07) is 0. The van der Waals surface area contributed by atoms with Crippen molar-refractivity contribution in [1.29, 1.82) is 0 Å². The van der Waals surface area contributed by atoms with Gasteiger partial charge in [0.15, 0.2) is 0 Å². The number of thiophene rings is 1. The van der Waals surface area contributed by atoms with Gasteiger partial charge in [-0.1, -0.05) is 11.8 Å². The maximum absolute atomic E-state index is 12.3. The van der Waals surface area contributed by atoms with E-state index >= 15 is 0 Å². The summed E-state index contributed by atoms with van der Waals surface area (Å²) < 4.78 is 0. The van der Waals surface area contributed by atoms with Crippen LogP contribution < -0.4 is 5.32 Å². The lowest BCUT2D eigenvalue weighted by atomic mass is 10.1. The summed E-state index contributed by atoms with van der Waals surface area (Å²) in [5.41, 5.74) is 0.989. The normalized spacial score (nSPS) is 13.4. The number of nitrogens with one attached hydrogen (secondary N) is 1. The first-order chi connectivity index (χ1) is 10.1. The Morgan fingerprint density at radius 2 is 1.86 bits per heavy atom. The molecule has 0 bridgehead atoms. The van der Waals surface area contributed by atoms with Crippen LogP contribution in [0.25, 0.3) is 10.2 Å². The van der Waals surface area contributed by atoms with Gasteiger partial charge in [-0.2, -0.15) is 0 Å². The van der Waals surface area contributed by atoms with Crippen LogP contribution in [0.4, 0.5) is 0 Å². The van der Waals surface area contributed by atoms with E-state index in [-0.39, 0.29) is 16.7 Å². The molecule has 2 aromatic rings. The van der Waals surface area contributed by atoms with Crippen molar-refractivity contribution in [3.8, 4) is 0 Å². The number of amides is 1. The summed E-state index contributed by atoms with van der Waals surface area (Å²) in [6.45, 7) is 14.0. The third-order valence-electron chi connectivity index (χ3n) is 3.26. The van der Waals surface area contributed by atoms with Crippen LogP contribution in [0, 0.1) is 20.8 Å². The molecule has 0 unspecified atom stereocenters. The van der Waals surface area contributed by atoms with Crippen LogP contribution in [0.2, 0.25) is 0 Å². The smallest absolute Gasteiger partial charge is 0.233 e. The number of thioether (sulfide) groups is 1. The fraction of sp³-hybridized carbons (Fsp3) is 0.562. The molecule has 1 amide bonds. The summed E-state index contributed by atoms with van der Waals surface area (Å²) in [4.78, 5) is 23.7. The van der Waals surface area contributed by atoms with Gasteiger partial charge < -0.3 is 5.32 Å². The number of nitrogens with zero attached hydrogens (tertiary/aromatic N) is 2. The number of hydrogen-bond donors (Lipinski definition) is 1. The fourth-order valence-corrected chi connectivity index (χ4v) is 4.28. The third-order valence-corrected chi connectivity index (χ3v) is 5.45. The molecule has 0 radical (unpaired) electrons. The molecule has 4 nitrogen and oxygen atoms in total. The Morgan fingerprint density at radius 3 is 2.45 bits per heavy atom. The number of carbonyl (C=O) groups excluding carboxylic acids is 1. The van der Waals surface area contributed by atoms with Gasteiger partial charge in [-0.25, -0.2) is 9.97 Å². The van der Waals surface area contributed by atoms with Crippen molar-refractivity contribution in [2.75, 3.05) is 0 Å². The molecule has 120 valence electrons. The van der Waals surface area contributed by atoms with E-state index in [4.69, 9.17) is 0 Å². The minimum atomic E-state index is -0.225. The van der Waals surface area contributed by atoms with Crippen molar-refractivity contribution in [2.45, 2.75) is 64.3 Å². The zero-order chi connectivity index (χ0) is 16.7. The topological polar surface area (TPSA) is 54.9 Å². The maximum Gasteiger partial charge on any atom is 0.233 e. The molecule has 2 aromatic heterocycles. The molecule has 22 heavy (non-hydrogen) atoms. The number of carbonyl (C=O) groups is 1. The van der Waals surface area contributed by atoms with Gasteiger partial charge in [0.25, 0.3) is 0 Å². The molecule has 0 aliphatic rings. The predicted molar refractivity (Wildman–Crippen MR) is 94.8 cm³/mol. The molecule has 0 aliphatic carbocycles. The second-order valence-electron chi connectivity index (χ2n) is 6.54. The van der Waals surface area contributed by atoms with Gasteiger partial charge in [-0.15, -0.1) is 11.3 Å². The van der Waals surface area contributed by atoms with Gasteiger partial charge in [0.05, 0.1) is 5.25 Å². The summed E-state index contributed by atoms with van der Waals surface area (Å²) in [6.07, 6.45) is 0. The average molecular weight is 338 g/mol. The lowest BCUT2D eigenvalue weighted by molar-refractivity contribution is -0.121. The predicted octanol–water partition coefficient (Wildman–Crippen LogP) is 4.01. The zero-order valence-corrected chi connectivity index (χ0v) is 15.8. The molecular formula is C16H23N3OS2. The number of aryl methyl sites for hydroxylation is 3. The number of hydrogen-bond acceptors (Lipinski definition) is 5. The van der Waals surface area contributed by atoms with Crippen LogP contribution in [-0.2, 0) is 4.79 Å². The van der Waals surface area contributed by atoms with Crippen molar-refractivity contribution in [3.63, 3.8) is 0 Å². The first-order valence-electron chi connectivity index (χ1n) is 7.31. The van der Waals surface area contributed by atoms with Crippen molar-refractivity contribution >= 4 is 39.2 Å². The van der Waals surface area contributed by atoms with Crippen LogP contribution in [0.5, 0.6) is 0 Å². The standard InChI is InChI=1S/C16H23N3OS2/c1-8-9(2)21-14-12(8)15(18-11(4)17-14)22-10(3)13(20)19-16(5,6)7/h10H,1-7H3,(H,19,20)/t10-/m1/s1.